The van der Waals surface area contributed by atoms with Crippen molar-refractivity contribution < 1.29 is 28.6 Å². The summed E-state index contributed by atoms with van der Waals surface area (Å²) in [7, 11) is 0. The second-order valence-corrected chi connectivity index (χ2v) is 14.4. The number of fused-ring (bicyclic) bond motifs is 5. The zero-order valence-electron chi connectivity index (χ0n) is 26.8. The highest BCUT2D eigenvalue weighted by Crippen LogP contribution is 2.69. The van der Waals surface area contributed by atoms with Crippen LogP contribution in [0.3, 0.4) is 0 Å². The van der Waals surface area contributed by atoms with E-state index in [4.69, 9.17) is 37.1 Å². The lowest BCUT2D eigenvalue weighted by molar-refractivity contribution is -0.225. The van der Waals surface area contributed by atoms with Crippen molar-refractivity contribution >= 4 is 17.9 Å². The Hall–Kier alpha value is -1.75. The van der Waals surface area contributed by atoms with Crippen LogP contribution < -0.4 is 22.9 Å². The molecule has 10 heteroatoms. The molecule has 10 nitrogen and oxygen atoms in total. The maximum Gasteiger partial charge on any atom is 0.307 e. The van der Waals surface area contributed by atoms with Gasteiger partial charge in [-0.05, 0) is 99.3 Å². The van der Waals surface area contributed by atoms with Crippen LogP contribution in [-0.2, 0) is 28.6 Å². The lowest BCUT2D eigenvalue weighted by Crippen LogP contribution is -2.63. The van der Waals surface area contributed by atoms with Crippen LogP contribution >= 0.6 is 0 Å². The highest BCUT2D eigenvalue weighted by molar-refractivity contribution is 5.70. The minimum atomic E-state index is -0.253. The van der Waals surface area contributed by atoms with Crippen molar-refractivity contribution in [2.24, 2.45) is 69.3 Å². The summed E-state index contributed by atoms with van der Waals surface area (Å²) >= 11 is 0. The fraction of sp³-hybridized carbons (Fsp3) is 0.909. The van der Waals surface area contributed by atoms with E-state index in [1.165, 1.54) is 0 Å². The van der Waals surface area contributed by atoms with Gasteiger partial charge in [-0.25, -0.2) is 0 Å². The normalized spacial score (nSPS) is 39.1. The molecule has 8 N–H and O–H groups in total. The van der Waals surface area contributed by atoms with Gasteiger partial charge in [0.05, 0.1) is 19.3 Å². The summed E-state index contributed by atoms with van der Waals surface area (Å²) in [4.78, 5) is 38.3. The minimum Gasteiger partial charge on any atom is -0.462 e. The fourth-order valence-corrected chi connectivity index (χ4v) is 10.2. The molecule has 4 fully saturated rings. The lowest BCUT2D eigenvalue weighted by atomic mass is 9.43. The van der Waals surface area contributed by atoms with Crippen LogP contribution in [0.15, 0.2) is 0 Å². The van der Waals surface area contributed by atoms with E-state index >= 15 is 0 Å². The Bertz CT molecular complexity index is 981. The Morgan fingerprint density at radius 2 is 1.40 bits per heavy atom. The number of carbonyl (C=O) groups is 3. The van der Waals surface area contributed by atoms with E-state index < -0.39 is 0 Å². The van der Waals surface area contributed by atoms with Gasteiger partial charge in [0, 0.05) is 31.0 Å². The topological polar surface area (TPSA) is 183 Å². The molecule has 0 aromatic rings. The molecule has 3 unspecified atom stereocenters. The second-order valence-electron chi connectivity index (χ2n) is 14.4. The molecule has 246 valence electrons. The standard InChI is InChI=1S/C33H58N4O6/c1-20(5-4-13-34)23-6-7-24-31-25(19-27(33(23,24)3)43-30(40)11-16-37)32(2)12-8-22(41-28(38)9-14-35)17-21(32)18-26(31)42-29(39)10-15-36/h20-27,31H,4-19,34-37H2,1-3H3/t20-,21?,22-,23?,24+,25+,26-,27+,31?,32+,33-/m1/s1. The van der Waals surface area contributed by atoms with Crippen LogP contribution in [0.2, 0.25) is 0 Å². The number of rotatable bonds is 13. The number of carbonyl (C=O) groups excluding carboxylic acids is 3. The van der Waals surface area contributed by atoms with Crippen molar-refractivity contribution in [1.29, 1.82) is 0 Å². The van der Waals surface area contributed by atoms with Gasteiger partial charge in [-0.2, -0.15) is 0 Å². The van der Waals surface area contributed by atoms with E-state index in [-0.39, 0.29) is 110 Å². The van der Waals surface area contributed by atoms with Crippen LogP contribution in [0.1, 0.15) is 97.8 Å². The number of nitrogens with two attached hydrogens (primary N) is 4. The summed E-state index contributed by atoms with van der Waals surface area (Å²) in [6, 6.07) is 0. The number of hydrogen-bond acceptors (Lipinski definition) is 10. The van der Waals surface area contributed by atoms with Gasteiger partial charge in [-0.1, -0.05) is 20.8 Å². The predicted molar refractivity (Wildman–Crippen MR) is 164 cm³/mol. The van der Waals surface area contributed by atoms with E-state index in [0.717, 1.165) is 57.8 Å². The zero-order valence-corrected chi connectivity index (χ0v) is 26.8. The van der Waals surface area contributed by atoms with Crippen molar-refractivity contribution in [2.75, 3.05) is 26.2 Å². The van der Waals surface area contributed by atoms with E-state index in [0.29, 0.717) is 18.4 Å². The molecule has 0 bridgehead atoms. The van der Waals surface area contributed by atoms with E-state index in [9.17, 15) is 14.4 Å². The van der Waals surface area contributed by atoms with Crippen molar-refractivity contribution in [3.63, 3.8) is 0 Å². The molecule has 0 saturated heterocycles. The molecule has 0 radical (unpaired) electrons. The first-order chi connectivity index (χ1) is 20.5. The second kappa shape index (κ2) is 14.6. The summed E-state index contributed by atoms with van der Waals surface area (Å²) in [6.45, 7) is 8.49. The van der Waals surface area contributed by atoms with Gasteiger partial charge in [0.15, 0.2) is 0 Å². The van der Waals surface area contributed by atoms with Crippen molar-refractivity contribution in [3.8, 4) is 0 Å². The van der Waals surface area contributed by atoms with Crippen molar-refractivity contribution in [1.82, 2.24) is 0 Å². The molecular formula is C33H58N4O6. The molecule has 0 aliphatic heterocycles. The Labute approximate surface area is 258 Å². The largest absolute Gasteiger partial charge is 0.462 e. The van der Waals surface area contributed by atoms with Crippen LogP contribution in [0, 0.1) is 46.3 Å². The molecule has 4 aliphatic carbocycles. The Kier molecular flexibility index (Phi) is 11.6. The van der Waals surface area contributed by atoms with Crippen LogP contribution in [0.4, 0.5) is 0 Å². The van der Waals surface area contributed by atoms with Gasteiger partial charge >= 0.3 is 17.9 Å². The molecule has 0 aromatic heterocycles. The highest BCUT2D eigenvalue weighted by atomic mass is 16.6. The molecule has 0 spiro atoms. The van der Waals surface area contributed by atoms with Gasteiger partial charge in [0.25, 0.3) is 0 Å². The molecule has 11 atom stereocenters. The van der Waals surface area contributed by atoms with Gasteiger partial charge in [0.2, 0.25) is 0 Å². The molecule has 0 amide bonds. The third-order valence-corrected chi connectivity index (χ3v) is 12.2. The first-order valence-corrected chi connectivity index (χ1v) is 16.9. The quantitative estimate of drug-likeness (QED) is 0.180. The molecule has 0 aromatic carbocycles. The SMILES string of the molecule is C[C@H](CCCN)C1CC[C@H]2C3[C@H](OC(=O)CCN)CC4C[C@H](OC(=O)CCN)CC[C@]4(C)[C@H]3C[C@H](OC(=O)CCN)[C@]12C. The first-order valence-electron chi connectivity index (χ1n) is 16.9. The van der Waals surface area contributed by atoms with Crippen LogP contribution in [0.5, 0.6) is 0 Å². The number of ether oxygens (including phenoxy) is 3. The van der Waals surface area contributed by atoms with Crippen LogP contribution in [0.25, 0.3) is 0 Å². The molecule has 4 saturated carbocycles. The molecule has 43 heavy (non-hydrogen) atoms. The van der Waals surface area contributed by atoms with Gasteiger partial charge < -0.3 is 37.1 Å². The molecule has 0 heterocycles. The number of esters is 3. The predicted octanol–water partition coefficient (Wildman–Crippen LogP) is 3.02. The monoisotopic (exact) mass is 606 g/mol. The van der Waals surface area contributed by atoms with Gasteiger partial charge in [-0.15, -0.1) is 0 Å². The minimum absolute atomic E-state index is 0.0542. The smallest absolute Gasteiger partial charge is 0.307 e. The molecule has 4 rings (SSSR count). The van der Waals surface area contributed by atoms with Crippen molar-refractivity contribution in [2.45, 2.75) is 116 Å². The summed E-state index contributed by atoms with van der Waals surface area (Å²) in [5.41, 5.74) is 22.7. The summed E-state index contributed by atoms with van der Waals surface area (Å²) in [6.07, 6.45) is 7.97. The third-order valence-electron chi connectivity index (χ3n) is 12.2. The fourth-order valence-electron chi connectivity index (χ4n) is 10.2. The molecular weight excluding hydrogens is 548 g/mol. The summed E-state index contributed by atoms with van der Waals surface area (Å²) < 4.78 is 18.6. The Balaban J connectivity index is 1.71. The first kappa shape index (κ1) is 34.1. The van der Waals surface area contributed by atoms with Crippen molar-refractivity contribution in [3.05, 3.63) is 0 Å². The van der Waals surface area contributed by atoms with Gasteiger partial charge in [0.1, 0.15) is 18.3 Å². The molecule has 4 aliphatic rings. The Morgan fingerprint density at radius 1 is 0.767 bits per heavy atom. The van der Waals surface area contributed by atoms with Gasteiger partial charge in [-0.3, -0.25) is 14.4 Å². The maximum atomic E-state index is 13.0. The lowest BCUT2D eigenvalue weighted by Gasteiger charge is -2.64. The van der Waals surface area contributed by atoms with E-state index in [1.807, 2.05) is 0 Å². The highest BCUT2D eigenvalue weighted by Gasteiger charge is 2.67. The average molecular weight is 607 g/mol. The third kappa shape index (κ3) is 6.92. The zero-order chi connectivity index (χ0) is 31.4. The summed E-state index contributed by atoms with van der Waals surface area (Å²) in [5.74, 6) is 0.913. The van der Waals surface area contributed by atoms with E-state index in [2.05, 4.69) is 20.8 Å². The number of hydrogen-bond donors (Lipinski definition) is 4. The average Bonchev–Trinajstić information content (AvgIpc) is 3.31. The Morgan fingerprint density at radius 3 is 2.02 bits per heavy atom. The van der Waals surface area contributed by atoms with E-state index in [1.54, 1.807) is 0 Å². The maximum absolute atomic E-state index is 13.0. The van der Waals surface area contributed by atoms with Crippen LogP contribution in [-0.4, -0.2) is 62.4 Å². The summed E-state index contributed by atoms with van der Waals surface area (Å²) in [5, 5.41) is 0.